The van der Waals surface area contributed by atoms with Crippen molar-refractivity contribution in [1.29, 1.82) is 0 Å². The number of rotatable bonds is 1. The Bertz CT molecular complexity index is 286. The second kappa shape index (κ2) is 3.96. The van der Waals surface area contributed by atoms with Crippen LogP contribution in [0.4, 0.5) is 5.69 Å². The molecule has 1 aliphatic rings. The molecule has 0 radical (unpaired) electrons. The van der Waals surface area contributed by atoms with Crippen LogP contribution in [-0.2, 0) is 0 Å². The van der Waals surface area contributed by atoms with E-state index in [-0.39, 0.29) is 0 Å². The van der Waals surface area contributed by atoms with Crippen LogP contribution in [0.2, 0.25) is 0 Å². The smallest absolute Gasteiger partial charge is 0.0397 e. The molecule has 2 rings (SSSR count). The first-order valence-electron chi connectivity index (χ1n) is 5.18. The van der Waals surface area contributed by atoms with Gasteiger partial charge in [-0.3, -0.25) is 4.98 Å². The molecule has 76 valence electrons. The minimum atomic E-state index is 0.369. The van der Waals surface area contributed by atoms with Crippen LogP contribution in [0.5, 0.6) is 0 Å². The fourth-order valence-corrected chi connectivity index (χ4v) is 1.95. The highest BCUT2D eigenvalue weighted by molar-refractivity contribution is 5.45. The van der Waals surface area contributed by atoms with E-state index in [1.807, 2.05) is 12.4 Å². The van der Waals surface area contributed by atoms with Crippen LogP contribution in [0.25, 0.3) is 0 Å². The van der Waals surface area contributed by atoms with E-state index < -0.39 is 0 Å². The van der Waals surface area contributed by atoms with Crippen LogP contribution in [-0.4, -0.2) is 24.1 Å². The Hall–Kier alpha value is -1.09. The standard InChI is InChI=1S/C11H17N3/c1-9-8-14(7-4-11(9)12)10-2-5-13-6-3-10/h2-3,5-6,9,11H,4,7-8,12H2,1H3. The highest BCUT2D eigenvalue weighted by Gasteiger charge is 2.22. The Labute approximate surface area is 84.9 Å². The average Bonchev–Trinajstić information content (AvgIpc) is 2.23. The quantitative estimate of drug-likeness (QED) is 0.726. The maximum Gasteiger partial charge on any atom is 0.0397 e. The maximum atomic E-state index is 5.98. The van der Waals surface area contributed by atoms with Gasteiger partial charge in [0.1, 0.15) is 0 Å². The first kappa shape index (κ1) is 9.46. The van der Waals surface area contributed by atoms with Crippen LogP contribution >= 0.6 is 0 Å². The molecule has 0 saturated carbocycles. The van der Waals surface area contributed by atoms with Crippen molar-refractivity contribution in [3.05, 3.63) is 24.5 Å². The van der Waals surface area contributed by atoms with Crippen molar-refractivity contribution in [2.75, 3.05) is 18.0 Å². The number of anilines is 1. The zero-order valence-electron chi connectivity index (χ0n) is 8.56. The van der Waals surface area contributed by atoms with Gasteiger partial charge >= 0.3 is 0 Å². The summed E-state index contributed by atoms with van der Waals surface area (Å²) in [6.07, 6.45) is 4.77. The number of piperidine rings is 1. The predicted molar refractivity (Wildman–Crippen MR) is 58.2 cm³/mol. The molecule has 1 aliphatic heterocycles. The van der Waals surface area contributed by atoms with Gasteiger partial charge in [0.15, 0.2) is 0 Å². The van der Waals surface area contributed by atoms with Crippen LogP contribution in [0.1, 0.15) is 13.3 Å². The summed E-state index contributed by atoms with van der Waals surface area (Å²) in [5.74, 6) is 0.580. The summed E-state index contributed by atoms with van der Waals surface area (Å²) >= 11 is 0. The summed E-state index contributed by atoms with van der Waals surface area (Å²) in [5, 5.41) is 0. The van der Waals surface area contributed by atoms with E-state index in [0.717, 1.165) is 19.5 Å². The molecule has 0 spiro atoms. The lowest BCUT2D eigenvalue weighted by Gasteiger charge is -2.36. The summed E-state index contributed by atoms with van der Waals surface area (Å²) < 4.78 is 0. The summed E-state index contributed by atoms with van der Waals surface area (Å²) in [4.78, 5) is 6.41. The lowest BCUT2D eigenvalue weighted by atomic mass is 9.94. The second-order valence-corrected chi connectivity index (χ2v) is 4.08. The lowest BCUT2D eigenvalue weighted by molar-refractivity contribution is 0.383. The fraction of sp³-hybridized carbons (Fsp3) is 0.545. The number of aromatic nitrogens is 1. The van der Waals surface area contributed by atoms with E-state index in [0.29, 0.717) is 12.0 Å². The molecular weight excluding hydrogens is 174 g/mol. The number of nitrogens with two attached hydrogens (primary N) is 1. The topological polar surface area (TPSA) is 42.2 Å². The Morgan fingerprint density at radius 3 is 2.79 bits per heavy atom. The maximum absolute atomic E-state index is 5.98. The van der Waals surface area contributed by atoms with Gasteiger partial charge in [-0.2, -0.15) is 0 Å². The van der Waals surface area contributed by atoms with E-state index in [4.69, 9.17) is 5.73 Å². The zero-order chi connectivity index (χ0) is 9.97. The fourth-order valence-electron chi connectivity index (χ4n) is 1.95. The van der Waals surface area contributed by atoms with Gasteiger partial charge in [0, 0.05) is 37.2 Å². The highest BCUT2D eigenvalue weighted by atomic mass is 15.1. The van der Waals surface area contributed by atoms with Crippen molar-refractivity contribution in [3.8, 4) is 0 Å². The molecule has 3 nitrogen and oxygen atoms in total. The number of hydrogen-bond donors (Lipinski definition) is 1. The Morgan fingerprint density at radius 2 is 2.14 bits per heavy atom. The van der Waals surface area contributed by atoms with Gasteiger partial charge in [-0.1, -0.05) is 6.92 Å². The van der Waals surface area contributed by atoms with E-state index in [1.54, 1.807) is 0 Å². The molecule has 1 saturated heterocycles. The molecule has 2 heterocycles. The average molecular weight is 191 g/mol. The Kier molecular flexibility index (Phi) is 2.68. The molecule has 1 fully saturated rings. The zero-order valence-corrected chi connectivity index (χ0v) is 8.56. The highest BCUT2D eigenvalue weighted by Crippen LogP contribution is 2.21. The van der Waals surface area contributed by atoms with Crippen molar-refractivity contribution in [2.45, 2.75) is 19.4 Å². The van der Waals surface area contributed by atoms with E-state index in [9.17, 15) is 0 Å². The van der Waals surface area contributed by atoms with Crippen molar-refractivity contribution >= 4 is 5.69 Å². The molecular formula is C11H17N3. The molecule has 0 bridgehead atoms. The minimum absolute atomic E-state index is 0.369. The molecule has 3 heteroatoms. The molecule has 2 atom stereocenters. The predicted octanol–water partition coefficient (Wildman–Crippen LogP) is 1.26. The van der Waals surface area contributed by atoms with E-state index >= 15 is 0 Å². The molecule has 1 aromatic rings. The second-order valence-electron chi connectivity index (χ2n) is 4.08. The van der Waals surface area contributed by atoms with Gasteiger partial charge in [-0.15, -0.1) is 0 Å². The molecule has 0 aromatic carbocycles. The first-order valence-corrected chi connectivity index (χ1v) is 5.18. The molecule has 2 unspecified atom stereocenters. The first-order chi connectivity index (χ1) is 6.77. The van der Waals surface area contributed by atoms with E-state index in [2.05, 4.69) is 28.9 Å². The third kappa shape index (κ3) is 1.87. The lowest BCUT2D eigenvalue weighted by Crippen LogP contribution is -2.45. The van der Waals surface area contributed by atoms with Crippen LogP contribution in [0, 0.1) is 5.92 Å². The van der Waals surface area contributed by atoms with Crippen molar-refractivity contribution < 1.29 is 0 Å². The molecule has 0 aliphatic carbocycles. The molecule has 14 heavy (non-hydrogen) atoms. The summed E-state index contributed by atoms with van der Waals surface area (Å²) in [6, 6.07) is 4.49. The third-order valence-corrected chi connectivity index (χ3v) is 3.00. The van der Waals surface area contributed by atoms with Gasteiger partial charge in [-0.05, 0) is 24.5 Å². The van der Waals surface area contributed by atoms with Crippen molar-refractivity contribution in [2.24, 2.45) is 11.7 Å². The number of pyridine rings is 1. The third-order valence-electron chi connectivity index (χ3n) is 3.00. The van der Waals surface area contributed by atoms with Crippen molar-refractivity contribution in [3.63, 3.8) is 0 Å². The summed E-state index contributed by atoms with van der Waals surface area (Å²) in [6.45, 7) is 4.35. The van der Waals surface area contributed by atoms with Gasteiger partial charge in [0.05, 0.1) is 0 Å². The minimum Gasteiger partial charge on any atom is -0.371 e. The number of nitrogens with zero attached hydrogens (tertiary/aromatic N) is 2. The Balaban J connectivity index is 2.07. The van der Waals surface area contributed by atoms with Gasteiger partial charge < -0.3 is 10.6 Å². The molecule has 1 aromatic heterocycles. The largest absolute Gasteiger partial charge is 0.371 e. The summed E-state index contributed by atoms with van der Waals surface area (Å²) in [5.41, 5.74) is 7.24. The van der Waals surface area contributed by atoms with Gasteiger partial charge in [0.2, 0.25) is 0 Å². The molecule has 0 amide bonds. The van der Waals surface area contributed by atoms with Gasteiger partial charge in [0.25, 0.3) is 0 Å². The number of hydrogen-bond acceptors (Lipinski definition) is 3. The summed E-state index contributed by atoms with van der Waals surface area (Å²) in [7, 11) is 0. The van der Waals surface area contributed by atoms with E-state index in [1.165, 1.54) is 5.69 Å². The monoisotopic (exact) mass is 191 g/mol. The SMILES string of the molecule is CC1CN(c2ccncc2)CCC1N. The van der Waals surface area contributed by atoms with Crippen LogP contribution in [0.3, 0.4) is 0 Å². The van der Waals surface area contributed by atoms with Gasteiger partial charge in [-0.25, -0.2) is 0 Å². The Morgan fingerprint density at radius 1 is 1.43 bits per heavy atom. The normalized spacial score (nSPS) is 27.7. The van der Waals surface area contributed by atoms with Crippen LogP contribution < -0.4 is 10.6 Å². The van der Waals surface area contributed by atoms with Crippen molar-refractivity contribution in [1.82, 2.24) is 4.98 Å². The van der Waals surface area contributed by atoms with Crippen LogP contribution in [0.15, 0.2) is 24.5 Å². The molecule has 2 N–H and O–H groups in total.